The number of ether oxygens (including phenoxy) is 2. The first-order chi connectivity index (χ1) is 10.9. The number of nitro benzene ring substituents is 1. The molecule has 23 heavy (non-hydrogen) atoms. The molecule has 0 amide bonds. The first-order valence-electron chi connectivity index (χ1n) is 6.41. The van der Waals surface area contributed by atoms with Crippen molar-refractivity contribution in [1.29, 1.82) is 0 Å². The highest BCUT2D eigenvalue weighted by atomic mass is 32.3. The van der Waals surface area contributed by atoms with Crippen LogP contribution in [0.4, 0.5) is 9.57 Å². The topological polar surface area (TPSA) is 95.7 Å². The van der Waals surface area contributed by atoms with E-state index in [2.05, 4.69) is 0 Å². The van der Waals surface area contributed by atoms with Crippen LogP contribution in [0.2, 0.25) is 0 Å². The highest BCUT2D eigenvalue weighted by molar-refractivity contribution is 7.86. The van der Waals surface area contributed by atoms with E-state index in [1.54, 1.807) is 0 Å². The third kappa shape index (κ3) is 4.92. The lowest BCUT2D eigenvalue weighted by atomic mass is 10.3. The summed E-state index contributed by atoms with van der Waals surface area (Å²) in [7, 11) is -4.72. The van der Waals surface area contributed by atoms with Crippen LogP contribution < -0.4 is 9.47 Å². The Morgan fingerprint density at radius 1 is 0.913 bits per heavy atom. The molecular formula is C14H12FNO6S. The van der Waals surface area contributed by atoms with E-state index in [9.17, 15) is 22.4 Å². The summed E-state index contributed by atoms with van der Waals surface area (Å²) in [4.78, 5) is 9.56. The van der Waals surface area contributed by atoms with E-state index in [0.29, 0.717) is 11.5 Å². The largest absolute Gasteiger partial charge is 0.490 e. The second kappa shape index (κ2) is 7.05. The van der Waals surface area contributed by atoms with Crippen molar-refractivity contribution in [2.24, 2.45) is 0 Å². The Labute approximate surface area is 131 Å². The van der Waals surface area contributed by atoms with Crippen molar-refractivity contribution >= 4 is 15.9 Å². The van der Waals surface area contributed by atoms with E-state index in [-0.39, 0.29) is 18.9 Å². The Morgan fingerprint density at radius 3 is 1.74 bits per heavy atom. The molecule has 0 saturated carbocycles. The zero-order chi connectivity index (χ0) is 16.9. The smallest absolute Gasteiger partial charge is 0.332 e. The summed E-state index contributed by atoms with van der Waals surface area (Å²) < 4.78 is 44.7. The van der Waals surface area contributed by atoms with Gasteiger partial charge in [0, 0.05) is 12.1 Å². The van der Waals surface area contributed by atoms with Crippen molar-refractivity contribution < 1.29 is 26.7 Å². The monoisotopic (exact) mass is 341 g/mol. The fraction of sp³-hybridized carbons (Fsp3) is 0.143. The summed E-state index contributed by atoms with van der Waals surface area (Å²) in [5.41, 5.74) is -0.0310. The Bertz CT molecular complexity index is 774. The van der Waals surface area contributed by atoms with Crippen molar-refractivity contribution in [2.75, 3.05) is 13.2 Å². The van der Waals surface area contributed by atoms with Crippen molar-refractivity contribution in [1.82, 2.24) is 0 Å². The van der Waals surface area contributed by atoms with Crippen LogP contribution in [0.5, 0.6) is 11.5 Å². The molecule has 7 nitrogen and oxygen atoms in total. The van der Waals surface area contributed by atoms with Crippen molar-refractivity contribution in [2.45, 2.75) is 4.90 Å². The molecule has 0 saturated heterocycles. The zero-order valence-electron chi connectivity index (χ0n) is 11.7. The van der Waals surface area contributed by atoms with E-state index in [4.69, 9.17) is 9.47 Å². The van der Waals surface area contributed by atoms with Crippen molar-refractivity contribution in [3.63, 3.8) is 0 Å². The molecule has 0 aliphatic heterocycles. The summed E-state index contributed by atoms with van der Waals surface area (Å²) in [6.45, 7) is 0.347. The maximum absolute atomic E-state index is 12.7. The lowest BCUT2D eigenvalue weighted by Crippen LogP contribution is -2.09. The van der Waals surface area contributed by atoms with Gasteiger partial charge in [-0.15, -0.1) is 3.89 Å². The average Bonchev–Trinajstić information content (AvgIpc) is 2.51. The number of rotatable bonds is 7. The quantitative estimate of drug-likeness (QED) is 0.332. The molecule has 0 aliphatic carbocycles. The third-order valence-corrected chi connectivity index (χ3v) is 3.61. The van der Waals surface area contributed by atoms with Gasteiger partial charge in [0.25, 0.3) is 5.69 Å². The first kappa shape index (κ1) is 16.7. The van der Waals surface area contributed by atoms with Gasteiger partial charge in [0.1, 0.15) is 24.7 Å². The van der Waals surface area contributed by atoms with Crippen LogP contribution in [0.25, 0.3) is 0 Å². The summed E-state index contributed by atoms with van der Waals surface area (Å²) in [5, 5.41) is 10.5. The minimum Gasteiger partial charge on any atom is -0.490 e. The summed E-state index contributed by atoms with van der Waals surface area (Å²) in [6.07, 6.45) is 0. The van der Waals surface area contributed by atoms with E-state index in [1.807, 2.05) is 0 Å². The normalized spacial score (nSPS) is 11.0. The molecule has 0 N–H and O–H groups in total. The molecule has 9 heteroatoms. The van der Waals surface area contributed by atoms with Crippen LogP contribution in [-0.4, -0.2) is 26.6 Å². The van der Waals surface area contributed by atoms with Gasteiger partial charge in [-0.05, 0) is 36.4 Å². The van der Waals surface area contributed by atoms with Gasteiger partial charge in [0.05, 0.1) is 9.82 Å². The van der Waals surface area contributed by atoms with Crippen LogP contribution in [0, 0.1) is 10.1 Å². The Morgan fingerprint density at radius 2 is 1.35 bits per heavy atom. The van der Waals surface area contributed by atoms with Crippen LogP contribution in [-0.2, 0) is 10.2 Å². The van der Waals surface area contributed by atoms with Crippen LogP contribution in [0.3, 0.4) is 0 Å². The fourth-order valence-electron chi connectivity index (χ4n) is 1.68. The fourth-order valence-corrected chi connectivity index (χ4v) is 2.14. The third-order valence-electron chi connectivity index (χ3n) is 2.77. The molecular weight excluding hydrogens is 329 g/mol. The highest BCUT2D eigenvalue weighted by Gasteiger charge is 2.11. The first-order valence-corrected chi connectivity index (χ1v) is 7.79. The van der Waals surface area contributed by atoms with Gasteiger partial charge in [-0.1, -0.05) is 0 Å². The zero-order valence-corrected chi connectivity index (χ0v) is 12.5. The number of nitrogens with zero attached hydrogens (tertiary/aromatic N) is 1. The second-order valence-corrected chi connectivity index (χ2v) is 5.70. The number of hydrogen-bond donors (Lipinski definition) is 0. The molecule has 2 aromatic carbocycles. The number of nitro groups is 1. The number of non-ortho nitro benzene ring substituents is 1. The minimum atomic E-state index is -4.72. The van der Waals surface area contributed by atoms with Gasteiger partial charge < -0.3 is 9.47 Å². The predicted molar refractivity (Wildman–Crippen MR) is 78.8 cm³/mol. The molecule has 122 valence electrons. The molecule has 0 bridgehead atoms. The van der Waals surface area contributed by atoms with Crippen LogP contribution in [0.15, 0.2) is 53.4 Å². The van der Waals surface area contributed by atoms with Gasteiger partial charge in [0.2, 0.25) is 0 Å². The minimum absolute atomic E-state index is 0.0310. The highest BCUT2D eigenvalue weighted by Crippen LogP contribution is 2.19. The van der Waals surface area contributed by atoms with E-state index >= 15 is 0 Å². The van der Waals surface area contributed by atoms with E-state index < -0.39 is 20.0 Å². The maximum atomic E-state index is 12.7. The van der Waals surface area contributed by atoms with E-state index in [1.165, 1.54) is 36.4 Å². The maximum Gasteiger partial charge on any atom is 0.332 e. The van der Waals surface area contributed by atoms with Crippen LogP contribution in [0.1, 0.15) is 0 Å². The molecule has 0 heterocycles. The summed E-state index contributed by atoms with van der Waals surface area (Å²) >= 11 is 0. The molecule has 0 aliphatic rings. The lowest BCUT2D eigenvalue weighted by molar-refractivity contribution is -0.384. The van der Waals surface area contributed by atoms with Crippen LogP contribution >= 0.6 is 0 Å². The summed E-state index contributed by atoms with van der Waals surface area (Å²) in [6, 6.07) is 10.5. The molecule has 0 spiro atoms. The molecule has 0 unspecified atom stereocenters. The summed E-state index contributed by atoms with van der Waals surface area (Å²) in [5.74, 6) is 0.822. The molecule has 0 radical (unpaired) electrons. The second-order valence-electron chi connectivity index (χ2n) is 4.36. The van der Waals surface area contributed by atoms with Gasteiger partial charge in [0.15, 0.2) is 0 Å². The SMILES string of the molecule is O=[N+]([O-])c1ccc(OCCOc2ccc(S(=O)(=O)F)cc2)cc1. The molecule has 2 rings (SSSR count). The number of benzene rings is 2. The Hall–Kier alpha value is -2.68. The van der Waals surface area contributed by atoms with E-state index in [0.717, 1.165) is 12.1 Å². The van der Waals surface area contributed by atoms with Crippen molar-refractivity contribution in [3.8, 4) is 11.5 Å². The Balaban J connectivity index is 1.80. The lowest BCUT2D eigenvalue weighted by Gasteiger charge is -2.08. The number of halogens is 1. The van der Waals surface area contributed by atoms with Gasteiger partial charge >= 0.3 is 10.2 Å². The van der Waals surface area contributed by atoms with Crippen molar-refractivity contribution in [3.05, 3.63) is 58.6 Å². The predicted octanol–water partition coefficient (Wildman–Crippen LogP) is 2.71. The molecule has 2 aromatic rings. The number of hydrogen-bond acceptors (Lipinski definition) is 6. The standard InChI is InChI=1S/C14H12FNO6S/c15-23(19,20)14-7-5-13(6-8-14)22-10-9-21-12-3-1-11(2-4-12)16(17)18/h1-8H,9-10H2. The van der Waals surface area contributed by atoms with Gasteiger partial charge in [-0.2, -0.15) is 8.42 Å². The van der Waals surface area contributed by atoms with Gasteiger partial charge in [-0.25, -0.2) is 0 Å². The molecule has 0 fully saturated rings. The Kier molecular flexibility index (Phi) is 5.12. The average molecular weight is 341 g/mol. The molecule has 0 aromatic heterocycles. The molecule has 0 atom stereocenters. The van der Waals surface area contributed by atoms with Gasteiger partial charge in [-0.3, -0.25) is 10.1 Å².